The predicted octanol–water partition coefficient (Wildman–Crippen LogP) is 13.7. The van der Waals surface area contributed by atoms with Gasteiger partial charge in [-0.2, -0.15) is 0 Å². The van der Waals surface area contributed by atoms with E-state index in [1.165, 1.54) is 0 Å². The number of rotatable bonds is 6. The van der Waals surface area contributed by atoms with Crippen LogP contribution in [0.5, 0.6) is 0 Å². The van der Waals surface area contributed by atoms with E-state index in [-0.39, 0.29) is 0 Å². The normalized spacial score (nSPS) is 11.6. The van der Waals surface area contributed by atoms with Gasteiger partial charge in [-0.15, -0.1) is 0 Å². The summed E-state index contributed by atoms with van der Waals surface area (Å²) in [4.78, 5) is 15.3. The van der Waals surface area contributed by atoms with Crippen LogP contribution in [0.15, 0.2) is 197 Å². The Morgan fingerprint density at radius 3 is 1.46 bits per heavy atom. The van der Waals surface area contributed by atoms with Gasteiger partial charge in [0.25, 0.3) is 0 Å². The first-order chi connectivity index (χ1) is 27.7. The van der Waals surface area contributed by atoms with Crippen LogP contribution >= 0.6 is 0 Å². The monoisotopic (exact) mass is 717 g/mol. The van der Waals surface area contributed by atoms with Crippen molar-refractivity contribution >= 4 is 43.9 Å². The molecule has 11 aromatic rings. The van der Waals surface area contributed by atoms with Crippen molar-refractivity contribution in [1.82, 2.24) is 15.0 Å². The molecular formula is C51H31N3O2. The van der Waals surface area contributed by atoms with Gasteiger partial charge >= 0.3 is 0 Å². The van der Waals surface area contributed by atoms with E-state index in [9.17, 15) is 0 Å². The summed E-state index contributed by atoms with van der Waals surface area (Å²) >= 11 is 0. The van der Waals surface area contributed by atoms with Crippen molar-refractivity contribution in [2.75, 3.05) is 0 Å². The van der Waals surface area contributed by atoms with Gasteiger partial charge in [-0.25, -0.2) is 15.0 Å². The molecule has 0 saturated carbocycles. The molecule has 3 heterocycles. The van der Waals surface area contributed by atoms with E-state index in [4.69, 9.17) is 23.8 Å². The van der Waals surface area contributed by atoms with E-state index >= 15 is 0 Å². The molecule has 262 valence electrons. The van der Waals surface area contributed by atoms with Crippen molar-refractivity contribution in [1.29, 1.82) is 0 Å². The van der Waals surface area contributed by atoms with Crippen molar-refractivity contribution in [3.63, 3.8) is 0 Å². The molecule has 0 atom stereocenters. The molecule has 0 fully saturated rings. The maximum absolute atomic E-state index is 6.72. The molecule has 5 nitrogen and oxygen atoms in total. The fraction of sp³-hybridized carbons (Fsp3) is 0. The molecular weight excluding hydrogens is 687 g/mol. The molecule has 0 aliphatic heterocycles. The average molecular weight is 718 g/mol. The smallest absolute Gasteiger partial charge is 0.164 e. The number of furan rings is 2. The summed E-state index contributed by atoms with van der Waals surface area (Å²) in [6, 6.07) is 64.6. The number of fused-ring (bicyclic) bond motifs is 6. The summed E-state index contributed by atoms with van der Waals surface area (Å²) in [7, 11) is 0. The number of hydrogen-bond acceptors (Lipinski definition) is 5. The molecule has 0 saturated heterocycles. The Morgan fingerprint density at radius 1 is 0.268 bits per heavy atom. The minimum absolute atomic E-state index is 0.560. The maximum atomic E-state index is 6.72. The van der Waals surface area contributed by atoms with Crippen LogP contribution in [0, 0.1) is 0 Å². The van der Waals surface area contributed by atoms with Crippen molar-refractivity contribution in [3.05, 3.63) is 188 Å². The second-order valence-electron chi connectivity index (χ2n) is 14.0. The molecule has 0 aliphatic carbocycles. The maximum Gasteiger partial charge on any atom is 0.164 e. The lowest BCUT2D eigenvalue weighted by molar-refractivity contribution is 0.668. The van der Waals surface area contributed by atoms with Gasteiger partial charge in [-0.05, 0) is 81.9 Å². The van der Waals surface area contributed by atoms with Crippen molar-refractivity contribution in [2.24, 2.45) is 0 Å². The minimum atomic E-state index is 0.560. The van der Waals surface area contributed by atoms with Crippen LogP contribution in [0.3, 0.4) is 0 Å². The number of nitrogens with zero attached hydrogens (tertiary/aromatic N) is 3. The largest absolute Gasteiger partial charge is 0.456 e. The van der Waals surface area contributed by atoms with E-state index in [1.807, 2.05) is 48.5 Å². The molecule has 0 bridgehead atoms. The van der Waals surface area contributed by atoms with Gasteiger partial charge in [0.05, 0.1) is 0 Å². The van der Waals surface area contributed by atoms with Crippen LogP contribution in [-0.2, 0) is 0 Å². The van der Waals surface area contributed by atoms with E-state index < -0.39 is 0 Å². The zero-order chi connectivity index (χ0) is 37.0. The van der Waals surface area contributed by atoms with E-state index in [0.717, 1.165) is 93.9 Å². The highest BCUT2D eigenvalue weighted by molar-refractivity contribution is 6.14. The molecule has 0 spiro atoms. The Hall–Kier alpha value is -7.63. The summed E-state index contributed by atoms with van der Waals surface area (Å²) in [5.74, 6) is 1.73. The number of aromatic nitrogens is 3. The zero-order valence-electron chi connectivity index (χ0n) is 30.1. The van der Waals surface area contributed by atoms with Gasteiger partial charge in [0.1, 0.15) is 22.3 Å². The molecule has 0 unspecified atom stereocenters. The van der Waals surface area contributed by atoms with Gasteiger partial charge in [-0.3, -0.25) is 0 Å². The van der Waals surface area contributed by atoms with E-state index in [2.05, 4.69) is 140 Å². The third-order valence-electron chi connectivity index (χ3n) is 10.5. The lowest BCUT2D eigenvalue weighted by Crippen LogP contribution is -2.00. The molecule has 0 amide bonds. The summed E-state index contributed by atoms with van der Waals surface area (Å²) in [6.07, 6.45) is 0. The highest BCUT2D eigenvalue weighted by Crippen LogP contribution is 2.41. The molecule has 0 aliphatic rings. The highest BCUT2D eigenvalue weighted by atomic mass is 16.3. The SMILES string of the molecule is c1ccc(-c2ccc(-c3nc(-c4ccc5c(c4)oc4cc(-c6ccccc6)cc(-c6ccccc6)c45)nc(-c4ccc5oc6ccccc6c5c4)n3)cc2)cc1. The predicted molar refractivity (Wildman–Crippen MR) is 227 cm³/mol. The van der Waals surface area contributed by atoms with Gasteiger partial charge in [0.2, 0.25) is 0 Å². The third kappa shape index (κ3) is 5.53. The topological polar surface area (TPSA) is 65.0 Å². The number of para-hydroxylation sites is 1. The Morgan fingerprint density at radius 2 is 0.750 bits per heavy atom. The summed E-state index contributed by atoms with van der Waals surface area (Å²) in [6.45, 7) is 0. The molecule has 8 aromatic carbocycles. The quantitative estimate of drug-likeness (QED) is 0.171. The summed E-state index contributed by atoms with van der Waals surface area (Å²) in [5.41, 5.74) is 12.6. The molecule has 11 rings (SSSR count). The third-order valence-corrected chi connectivity index (χ3v) is 10.5. The van der Waals surface area contributed by atoms with Crippen LogP contribution < -0.4 is 0 Å². The number of benzene rings is 8. The van der Waals surface area contributed by atoms with Crippen LogP contribution in [0.2, 0.25) is 0 Å². The lowest BCUT2D eigenvalue weighted by atomic mass is 9.94. The molecule has 3 aromatic heterocycles. The van der Waals surface area contributed by atoms with Gasteiger partial charge in [0.15, 0.2) is 17.5 Å². The summed E-state index contributed by atoms with van der Waals surface area (Å²) in [5, 5.41) is 4.18. The second kappa shape index (κ2) is 13.0. The Balaban J connectivity index is 1.08. The highest BCUT2D eigenvalue weighted by Gasteiger charge is 2.19. The first kappa shape index (κ1) is 31.9. The van der Waals surface area contributed by atoms with E-state index in [1.54, 1.807) is 0 Å². The fourth-order valence-electron chi connectivity index (χ4n) is 7.76. The van der Waals surface area contributed by atoms with E-state index in [0.29, 0.717) is 17.5 Å². The van der Waals surface area contributed by atoms with Gasteiger partial charge in [-0.1, -0.05) is 140 Å². The minimum Gasteiger partial charge on any atom is -0.456 e. The Labute approximate surface area is 322 Å². The zero-order valence-corrected chi connectivity index (χ0v) is 30.1. The molecule has 5 heteroatoms. The Kier molecular flexibility index (Phi) is 7.42. The van der Waals surface area contributed by atoms with Gasteiger partial charge in [0, 0.05) is 38.2 Å². The second-order valence-corrected chi connectivity index (χ2v) is 14.0. The number of hydrogen-bond donors (Lipinski definition) is 0. The summed E-state index contributed by atoms with van der Waals surface area (Å²) < 4.78 is 12.9. The molecule has 0 N–H and O–H groups in total. The molecule has 0 radical (unpaired) electrons. The van der Waals surface area contributed by atoms with Crippen LogP contribution in [0.4, 0.5) is 0 Å². The van der Waals surface area contributed by atoms with Gasteiger partial charge < -0.3 is 8.83 Å². The van der Waals surface area contributed by atoms with Crippen LogP contribution in [0.25, 0.3) is 111 Å². The fourth-order valence-corrected chi connectivity index (χ4v) is 7.76. The first-order valence-electron chi connectivity index (χ1n) is 18.7. The van der Waals surface area contributed by atoms with Crippen LogP contribution in [-0.4, -0.2) is 15.0 Å². The van der Waals surface area contributed by atoms with Crippen molar-refractivity contribution < 1.29 is 8.83 Å². The lowest BCUT2D eigenvalue weighted by Gasteiger charge is -2.10. The van der Waals surface area contributed by atoms with Crippen molar-refractivity contribution in [3.8, 4) is 67.5 Å². The van der Waals surface area contributed by atoms with Crippen molar-refractivity contribution in [2.45, 2.75) is 0 Å². The van der Waals surface area contributed by atoms with Crippen LogP contribution in [0.1, 0.15) is 0 Å². The average Bonchev–Trinajstić information content (AvgIpc) is 3.84. The molecule has 56 heavy (non-hydrogen) atoms. The standard InChI is InChI=1S/C51H31N3O2/c1-4-12-32(13-5-1)34-20-22-36(23-21-34)49-52-50(37-25-27-45-43(28-37)40-18-10-11-19-44(40)55-45)54-51(53-49)38-24-26-41-46(30-38)56-47-31-39(33-14-6-2-7-15-33)29-42(48(41)47)35-16-8-3-9-17-35/h1-31H. The first-order valence-corrected chi connectivity index (χ1v) is 18.7. The Bertz CT molecular complexity index is 3220.